The molecule has 2 amide bonds. The molecule has 1 heterocycles. The Morgan fingerprint density at radius 3 is 2.23 bits per heavy atom. The normalized spacial score (nSPS) is 14.8. The minimum atomic E-state index is -3.41. The van der Waals surface area contributed by atoms with Crippen molar-refractivity contribution in [2.75, 3.05) is 57.0 Å². The molecule has 0 atom stereocenters. The topological polar surface area (TPSA) is 91.0 Å². The molecule has 9 heteroatoms. The van der Waals surface area contributed by atoms with Crippen molar-refractivity contribution in [3.8, 4) is 5.75 Å². The first-order chi connectivity index (χ1) is 15.0. The number of piperazine rings is 1. The number of methoxy groups -OCH3 is 1. The van der Waals surface area contributed by atoms with Crippen LogP contribution < -0.4 is 20.3 Å². The van der Waals surface area contributed by atoms with Gasteiger partial charge in [-0.15, -0.1) is 0 Å². The van der Waals surface area contributed by atoms with Crippen LogP contribution in [0.15, 0.2) is 54.6 Å². The van der Waals surface area contributed by atoms with E-state index in [2.05, 4.69) is 15.5 Å². The van der Waals surface area contributed by atoms with E-state index < -0.39 is 10.0 Å². The molecule has 3 rings (SSSR count). The monoisotopic (exact) mass is 446 g/mol. The molecule has 0 spiro atoms. The standard InChI is InChI=1S/C22H30N4O4S/c1-30-21-9-7-20(8-10-21)25-14-16-26(17-15-25)31(28,29)18-13-24-22(27)23-12-11-19-5-3-2-4-6-19/h2-10H,11-18H2,1H3,(H2,23,24,27). The number of amides is 2. The van der Waals surface area contributed by atoms with Gasteiger partial charge in [0.15, 0.2) is 0 Å². The van der Waals surface area contributed by atoms with Crippen molar-refractivity contribution >= 4 is 21.7 Å². The van der Waals surface area contributed by atoms with Crippen molar-refractivity contribution in [3.63, 3.8) is 0 Å². The summed E-state index contributed by atoms with van der Waals surface area (Å²) in [7, 11) is -1.79. The molecule has 2 aromatic rings. The first-order valence-corrected chi connectivity index (χ1v) is 12.0. The average Bonchev–Trinajstić information content (AvgIpc) is 2.80. The van der Waals surface area contributed by atoms with Crippen molar-refractivity contribution in [1.29, 1.82) is 0 Å². The SMILES string of the molecule is COc1ccc(N2CCN(S(=O)(=O)CCNC(=O)NCCc3ccccc3)CC2)cc1. The van der Waals surface area contributed by atoms with Gasteiger partial charge in [0.25, 0.3) is 0 Å². The lowest BCUT2D eigenvalue weighted by atomic mass is 10.1. The minimum Gasteiger partial charge on any atom is -0.497 e. The summed E-state index contributed by atoms with van der Waals surface area (Å²) >= 11 is 0. The molecule has 168 valence electrons. The molecule has 2 N–H and O–H groups in total. The number of carbonyl (C=O) groups is 1. The van der Waals surface area contributed by atoms with Gasteiger partial charge in [-0.25, -0.2) is 13.2 Å². The second-order valence-electron chi connectivity index (χ2n) is 7.32. The Balaban J connectivity index is 1.36. The predicted molar refractivity (Wildman–Crippen MR) is 122 cm³/mol. The van der Waals surface area contributed by atoms with E-state index in [4.69, 9.17) is 4.74 Å². The Kier molecular flexibility index (Phi) is 8.13. The van der Waals surface area contributed by atoms with E-state index in [1.807, 2.05) is 54.6 Å². The quantitative estimate of drug-likeness (QED) is 0.612. The Morgan fingerprint density at radius 2 is 1.58 bits per heavy atom. The Labute approximate surface area is 184 Å². The Bertz CT molecular complexity index is 928. The van der Waals surface area contributed by atoms with Gasteiger partial charge in [-0.2, -0.15) is 4.31 Å². The number of hydrogen-bond donors (Lipinski definition) is 2. The number of benzene rings is 2. The fourth-order valence-electron chi connectivity index (χ4n) is 3.47. The third-order valence-electron chi connectivity index (χ3n) is 5.26. The number of ether oxygens (including phenoxy) is 1. The van der Waals surface area contributed by atoms with Gasteiger partial charge in [0.2, 0.25) is 10.0 Å². The van der Waals surface area contributed by atoms with Crippen LogP contribution in [-0.2, 0) is 16.4 Å². The third kappa shape index (κ3) is 6.86. The molecule has 0 aromatic heterocycles. The zero-order valence-corrected chi connectivity index (χ0v) is 18.6. The molecule has 1 aliphatic heterocycles. The summed E-state index contributed by atoms with van der Waals surface area (Å²) in [4.78, 5) is 14.1. The number of nitrogens with zero attached hydrogens (tertiary/aromatic N) is 2. The Morgan fingerprint density at radius 1 is 0.935 bits per heavy atom. The molecule has 8 nitrogen and oxygen atoms in total. The first kappa shape index (κ1) is 22.9. The summed E-state index contributed by atoms with van der Waals surface area (Å²) in [6.07, 6.45) is 0.727. The lowest BCUT2D eigenvalue weighted by Gasteiger charge is -2.35. The van der Waals surface area contributed by atoms with Gasteiger partial charge in [0, 0.05) is 45.0 Å². The maximum atomic E-state index is 12.6. The van der Waals surface area contributed by atoms with Crippen LogP contribution in [0, 0.1) is 0 Å². The van der Waals surface area contributed by atoms with Crippen LogP contribution in [0.5, 0.6) is 5.75 Å². The van der Waals surface area contributed by atoms with Crippen molar-refractivity contribution in [3.05, 3.63) is 60.2 Å². The fourth-order valence-corrected chi connectivity index (χ4v) is 4.81. The van der Waals surface area contributed by atoms with Crippen molar-refractivity contribution in [2.45, 2.75) is 6.42 Å². The van der Waals surface area contributed by atoms with E-state index in [-0.39, 0.29) is 18.3 Å². The molecule has 2 aromatic carbocycles. The molecular formula is C22H30N4O4S. The van der Waals surface area contributed by atoms with E-state index in [9.17, 15) is 13.2 Å². The number of hydrogen-bond acceptors (Lipinski definition) is 5. The molecular weight excluding hydrogens is 416 g/mol. The highest BCUT2D eigenvalue weighted by Crippen LogP contribution is 2.21. The number of carbonyl (C=O) groups excluding carboxylic acids is 1. The van der Waals surface area contributed by atoms with Gasteiger partial charge < -0.3 is 20.3 Å². The lowest BCUT2D eigenvalue weighted by molar-refractivity contribution is 0.241. The summed E-state index contributed by atoms with van der Waals surface area (Å²) in [5, 5.41) is 5.39. The Hall–Kier alpha value is -2.78. The lowest BCUT2D eigenvalue weighted by Crippen LogP contribution is -2.50. The number of nitrogens with one attached hydrogen (secondary N) is 2. The minimum absolute atomic E-state index is 0.0815. The van der Waals surface area contributed by atoms with E-state index in [1.54, 1.807) is 7.11 Å². The van der Waals surface area contributed by atoms with Crippen LogP contribution in [0.1, 0.15) is 5.56 Å². The summed E-state index contributed by atoms with van der Waals surface area (Å²) in [6, 6.07) is 17.3. The highest BCUT2D eigenvalue weighted by molar-refractivity contribution is 7.89. The molecule has 0 unspecified atom stereocenters. The van der Waals surface area contributed by atoms with Crippen LogP contribution >= 0.6 is 0 Å². The third-order valence-corrected chi connectivity index (χ3v) is 7.13. The number of rotatable bonds is 9. The van der Waals surface area contributed by atoms with E-state index in [0.717, 1.165) is 23.4 Å². The smallest absolute Gasteiger partial charge is 0.314 e. The van der Waals surface area contributed by atoms with Crippen LogP contribution in [0.25, 0.3) is 0 Å². The van der Waals surface area contributed by atoms with Gasteiger partial charge in [-0.05, 0) is 36.2 Å². The van der Waals surface area contributed by atoms with E-state index in [1.165, 1.54) is 4.31 Å². The van der Waals surface area contributed by atoms with Gasteiger partial charge in [-0.1, -0.05) is 30.3 Å². The van der Waals surface area contributed by atoms with Crippen LogP contribution in [-0.4, -0.2) is 70.9 Å². The van der Waals surface area contributed by atoms with Crippen molar-refractivity contribution < 1.29 is 17.9 Å². The predicted octanol–water partition coefficient (Wildman–Crippen LogP) is 1.69. The molecule has 0 radical (unpaired) electrons. The van der Waals surface area contributed by atoms with Crippen LogP contribution in [0.2, 0.25) is 0 Å². The zero-order chi connectivity index (χ0) is 22.1. The van der Waals surface area contributed by atoms with Crippen LogP contribution in [0.3, 0.4) is 0 Å². The zero-order valence-electron chi connectivity index (χ0n) is 17.8. The molecule has 0 aliphatic carbocycles. The molecule has 1 aliphatic rings. The second-order valence-corrected chi connectivity index (χ2v) is 9.41. The largest absolute Gasteiger partial charge is 0.497 e. The highest BCUT2D eigenvalue weighted by Gasteiger charge is 2.26. The molecule has 31 heavy (non-hydrogen) atoms. The van der Waals surface area contributed by atoms with Gasteiger partial charge in [0.05, 0.1) is 12.9 Å². The highest BCUT2D eigenvalue weighted by atomic mass is 32.2. The summed E-state index contributed by atoms with van der Waals surface area (Å²) < 4.78 is 31.9. The molecule has 0 bridgehead atoms. The molecule has 1 fully saturated rings. The van der Waals surface area contributed by atoms with E-state index >= 15 is 0 Å². The maximum absolute atomic E-state index is 12.6. The first-order valence-electron chi connectivity index (χ1n) is 10.4. The number of anilines is 1. The van der Waals surface area contributed by atoms with Gasteiger partial charge in [-0.3, -0.25) is 0 Å². The van der Waals surface area contributed by atoms with Crippen molar-refractivity contribution in [2.24, 2.45) is 0 Å². The summed E-state index contributed by atoms with van der Waals surface area (Å²) in [5.41, 5.74) is 2.19. The van der Waals surface area contributed by atoms with Crippen LogP contribution in [0.4, 0.5) is 10.5 Å². The number of urea groups is 1. The molecule has 1 saturated heterocycles. The fraction of sp³-hybridized carbons (Fsp3) is 0.409. The summed E-state index contributed by atoms with van der Waals surface area (Å²) in [5.74, 6) is 0.684. The molecule has 0 saturated carbocycles. The average molecular weight is 447 g/mol. The van der Waals surface area contributed by atoms with Gasteiger partial charge >= 0.3 is 6.03 Å². The second kappa shape index (κ2) is 11.0. The maximum Gasteiger partial charge on any atom is 0.314 e. The van der Waals surface area contributed by atoms with Crippen molar-refractivity contribution in [1.82, 2.24) is 14.9 Å². The van der Waals surface area contributed by atoms with E-state index in [0.29, 0.717) is 32.7 Å². The van der Waals surface area contributed by atoms with Gasteiger partial charge in [0.1, 0.15) is 5.75 Å². The number of sulfonamides is 1. The summed E-state index contributed by atoms with van der Waals surface area (Å²) in [6.45, 7) is 2.68.